The van der Waals surface area contributed by atoms with Crippen molar-refractivity contribution in [2.75, 3.05) is 0 Å². The van der Waals surface area contributed by atoms with Crippen LogP contribution in [0.5, 0.6) is 0 Å². The summed E-state index contributed by atoms with van der Waals surface area (Å²) in [4.78, 5) is 11.5. The molecule has 1 aromatic heterocycles. The van der Waals surface area contributed by atoms with E-state index < -0.39 is 5.97 Å². The first-order valence-electron chi connectivity index (χ1n) is 7.25. The Kier molecular flexibility index (Phi) is 3.97. The van der Waals surface area contributed by atoms with E-state index in [9.17, 15) is 9.90 Å². The van der Waals surface area contributed by atoms with Gasteiger partial charge in [-0.1, -0.05) is 61.2 Å². The van der Waals surface area contributed by atoms with Crippen LogP contribution in [0.1, 0.15) is 48.6 Å². The van der Waals surface area contributed by atoms with Gasteiger partial charge in [-0.05, 0) is 18.4 Å². The largest absolute Gasteiger partial charge is 0.476 e. The summed E-state index contributed by atoms with van der Waals surface area (Å²) in [6, 6.07) is 9.57. The van der Waals surface area contributed by atoms with Crippen LogP contribution in [0.15, 0.2) is 30.3 Å². The van der Waals surface area contributed by atoms with Crippen LogP contribution < -0.4 is 0 Å². The zero-order chi connectivity index (χ0) is 14.8. The SMILES string of the molecule is O=C(O)c1nn(C2CCCCC2)c(Cl)c1-c1ccccc1. The summed E-state index contributed by atoms with van der Waals surface area (Å²) in [7, 11) is 0. The molecule has 0 radical (unpaired) electrons. The summed E-state index contributed by atoms with van der Waals surface area (Å²) in [5, 5.41) is 14.2. The molecule has 0 amide bonds. The van der Waals surface area contributed by atoms with E-state index in [1.54, 1.807) is 4.68 Å². The quantitative estimate of drug-likeness (QED) is 0.914. The van der Waals surface area contributed by atoms with Gasteiger partial charge in [0, 0.05) is 0 Å². The Bertz CT molecular complexity index is 646. The van der Waals surface area contributed by atoms with Gasteiger partial charge in [0.25, 0.3) is 0 Å². The molecule has 0 spiro atoms. The van der Waals surface area contributed by atoms with Gasteiger partial charge in [0.2, 0.25) is 0 Å². The van der Waals surface area contributed by atoms with Gasteiger partial charge in [0.15, 0.2) is 5.69 Å². The third-order valence-corrected chi connectivity index (χ3v) is 4.40. The molecule has 1 heterocycles. The van der Waals surface area contributed by atoms with E-state index in [0.29, 0.717) is 10.7 Å². The number of halogens is 1. The molecule has 1 fully saturated rings. The highest BCUT2D eigenvalue weighted by atomic mass is 35.5. The zero-order valence-corrected chi connectivity index (χ0v) is 12.4. The van der Waals surface area contributed by atoms with Crippen molar-refractivity contribution in [2.24, 2.45) is 0 Å². The fourth-order valence-corrected chi connectivity index (χ4v) is 3.37. The van der Waals surface area contributed by atoms with Crippen LogP contribution in [0.4, 0.5) is 0 Å². The summed E-state index contributed by atoms with van der Waals surface area (Å²) in [5.74, 6) is -1.04. The number of carboxylic acids is 1. The minimum Gasteiger partial charge on any atom is -0.476 e. The van der Waals surface area contributed by atoms with Gasteiger partial charge in [-0.2, -0.15) is 5.10 Å². The highest BCUT2D eigenvalue weighted by molar-refractivity contribution is 6.33. The molecule has 0 unspecified atom stereocenters. The molecule has 5 heteroatoms. The lowest BCUT2D eigenvalue weighted by atomic mass is 9.96. The molecule has 1 aromatic carbocycles. The molecule has 1 saturated carbocycles. The summed E-state index contributed by atoms with van der Waals surface area (Å²) in [6.07, 6.45) is 5.53. The molecule has 0 saturated heterocycles. The topological polar surface area (TPSA) is 55.1 Å². The normalized spacial score (nSPS) is 16.0. The Labute approximate surface area is 128 Å². The maximum atomic E-state index is 11.5. The first-order valence-corrected chi connectivity index (χ1v) is 7.63. The average molecular weight is 305 g/mol. The average Bonchev–Trinajstić information content (AvgIpc) is 2.87. The van der Waals surface area contributed by atoms with Crippen molar-refractivity contribution in [3.63, 3.8) is 0 Å². The molecule has 1 aliphatic rings. The minimum absolute atomic E-state index is 0.0387. The van der Waals surface area contributed by atoms with Crippen molar-refractivity contribution in [1.82, 2.24) is 9.78 Å². The predicted molar refractivity (Wildman–Crippen MR) is 81.8 cm³/mol. The molecular formula is C16H17ClN2O2. The first-order chi connectivity index (χ1) is 10.2. The van der Waals surface area contributed by atoms with E-state index in [0.717, 1.165) is 31.2 Å². The van der Waals surface area contributed by atoms with Crippen LogP contribution in [0.25, 0.3) is 11.1 Å². The molecule has 1 N–H and O–H groups in total. The van der Waals surface area contributed by atoms with Crippen molar-refractivity contribution in [2.45, 2.75) is 38.1 Å². The predicted octanol–water partition coefficient (Wildman–Crippen LogP) is 4.41. The fraction of sp³-hybridized carbons (Fsp3) is 0.375. The first kappa shape index (κ1) is 14.1. The van der Waals surface area contributed by atoms with Crippen LogP contribution >= 0.6 is 11.6 Å². The second-order valence-corrected chi connectivity index (χ2v) is 5.78. The monoisotopic (exact) mass is 304 g/mol. The maximum absolute atomic E-state index is 11.5. The van der Waals surface area contributed by atoms with Gasteiger partial charge in [0.1, 0.15) is 5.15 Å². The van der Waals surface area contributed by atoms with E-state index in [2.05, 4.69) is 5.10 Å². The second kappa shape index (κ2) is 5.90. The number of aromatic carboxylic acids is 1. The number of carboxylic acid groups (broad SMARTS) is 1. The van der Waals surface area contributed by atoms with E-state index >= 15 is 0 Å². The highest BCUT2D eigenvalue weighted by Gasteiger charge is 2.27. The van der Waals surface area contributed by atoms with Crippen molar-refractivity contribution in [1.29, 1.82) is 0 Å². The molecule has 0 aliphatic heterocycles. The van der Waals surface area contributed by atoms with Crippen LogP contribution in [0.3, 0.4) is 0 Å². The Morgan fingerprint density at radius 2 is 1.86 bits per heavy atom. The summed E-state index contributed by atoms with van der Waals surface area (Å²) < 4.78 is 1.71. The van der Waals surface area contributed by atoms with E-state index in [1.807, 2.05) is 30.3 Å². The van der Waals surface area contributed by atoms with Gasteiger partial charge < -0.3 is 5.11 Å². The summed E-state index contributed by atoms with van der Waals surface area (Å²) in [5.41, 5.74) is 1.36. The van der Waals surface area contributed by atoms with Gasteiger partial charge in [-0.15, -0.1) is 0 Å². The maximum Gasteiger partial charge on any atom is 0.357 e. The minimum atomic E-state index is -1.04. The number of benzene rings is 1. The smallest absolute Gasteiger partial charge is 0.357 e. The van der Waals surface area contributed by atoms with Crippen LogP contribution in [0.2, 0.25) is 5.15 Å². The molecule has 1 aliphatic carbocycles. The molecule has 110 valence electrons. The Hall–Kier alpha value is -1.81. The number of hydrogen-bond acceptors (Lipinski definition) is 2. The second-order valence-electron chi connectivity index (χ2n) is 5.42. The molecule has 3 rings (SSSR count). The molecule has 4 nitrogen and oxygen atoms in total. The van der Waals surface area contributed by atoms with Crippen molar-refractivity contribution in [3.05, 3.63) is 41.2 Å². The summed E-state index contributed by atoms with van der Waals surface area (Å²) >= 11 is 6.48. The van der Waals surface area contributed by atoms with Crippen molar-refractivity contribution >= 4 is 17.6 Å². The lowest BCUT2D eigenvalue weighted by Crippen LogP contribution is -2.15. The van der Waals surface area contributed by atoms with Crippen LogP contribution in [-0.4, -0.2) is 20.9 Å². The number of rotatable bonds is 3. The Morgan fingerprint density at radius 3 is 2.48 bits per heavy atom. The van der Waals surface area contributed by atoms with Crippen LogP contribution in [-0.2, 0) is 0 Å². The zero-order valence-electron chi connectivity index (χ0n) is 11.6. The summed E-state index contributed by atoms with van der Waals surface area (Å²) in [6.45, 7) is 0. The highest BCUT2D eigenvalue weighted by Crippen LogP contribution is 2.37. The van der Waals surface area contributed by atoms with E-state index in [1.165, 1.54) is 6.42 Å². The van der Waals surface area contributed by atoms with Gasteiger partial charge in [-0.25, -0.2) is 9.48 Å². The number of hydrogen-bond donors (Lipinski definition) is 1. The van der Waals surface area contributed by atoms with Gasteiger partial charge in [0.05, 0.1) is 11.6 Å². The van der Waals surface area contributed by atoms with Gasteiger partial charge >= 0.3 is 5.97 Å². The Balaban J connectivity index is 2.10. The Morgan fingerprint density at radius 1 is 1.19 bits per heavy atom. The standard InChI is InChI=1S/C16H17ClN2O2/c17-15-13(11-7-3-1-4-8-11)14(16(20)21)18-19(15)12-9-5-2-6-10-12/h1,3-4,7-8,12H,2,5-6,9-10H2,(H,20,21). The molecule has 21 heavy (non-hydrogen) atoms. The molecular weight excluding hydrogens is 288 g/mol. The van der Waals surface area contributed by atoms with E-state index in [-0.39, 0.29) is 11.7 Å². The van der Waals surface area contributed by atoms with Crippen LogP contribution in [0, 0.1) is 0 Å². The number of aromatic nitrogens is 2. The fourth-order valence-electron chi connectivity index (χ4n) is 2.99. The third kappa shape index (κ3) is 2.68. The number of carbonyl (C=O) groups is 1. The lowest BCUT2D eigenvalue weighted by molar-refractivity contribution is 0.0689. The van der Waals surface area contributed by atoms with Gasteiger partial charge in [-0.3, -0.25) is 0 Å². The van der Waals surface area contributed by atoms with Crippen molar-refractivity contribution in [3.8, 4) is 11.1 Å². The molecule has 0 atom stereocenters. The number of nitrogens with zero attached hydrogens (tertiary/aromatic N) is 2. The van der Waals surface area contributed by atoms with E-state index in [4.69, 9.17) is 11.6 Å². The lowest BCUT2D eigenvalue weighted by Gasteiger charge is -2.22. The molecule has 0 bridgehead atoms. The third-order valence-electron chi connectivity index (χ3n) is 4.04. The van der Waals surface area contributed by atoms with Crippen molar-refractivity contribution < 1.29 is 9.90 Å². The molecule has 2 aromatic rings.